The number of rotatable bonds is 6. The third-order valence-electron chi connectivity index (χ3n) is 4.27. The normalized spacial score (nSPS) is 17.0. The molecule has 1 aliphatic rings. The van der Waals surface area contributed by atoms with Crippen LogP contribution in [0.4, 0.5) is 0 Å². The molecule has 0 bridgehead atoms. The first-order chi connectivity index (χ1) is 11.1. The number of aromatic nitrogens is 2. The van der Waals surface area contributed by atoms with Crippen molar-refractivity contribution < 1.29 is 9.47 Å². The van der Waals surface area contributed by atoms with Gasteiger partial charge in [-0.25, -0.2) is 4.98 Å². The Morgan fingerprint density at radius 1 is 1.17 bits per heavy atom. The van der Waals surface area contributed by atoms with Gasteiger partial charge in [-0.1, -0.05) is 38.1 Å². The summed E-state index contributed by atoms with van der Waals surface area (Å²) in [6.07, 6.45) is 5.68. The Morgan fingerprint density at radius 3 is 2.57 bits per heavy atom. The van der Waals surface area contributed by atoms with Crippen molar-refractivity contribution in [3.63, 3.8) is 0 Å². The smallest absolute Gasteiger partial charge is 0.172 e. The highest BCUT2D eigenvalue weighted by atomic mass is 16.7. The summed E-state index contributed by atoms with van der Waals surface area (Å²) in [7, 11) is 0. The Kier molecular flexibility index (Phi) is 4.83. The van der Waals surface area contributed by atoms with Crippen molar-refractivity contribution >= 4 is 0 Å². The molecule has 1 fully saturated rings. The minimum Gasteiger partial charge on any atom is -0.347 e. The molecule has 0 amide bonds. The number of nitrogens with zero attached hydrogens (tertiary/aromatic N) is 2. The van der Waals surface area contributed by atoms with Gasteiger partial charge < -0.3 is 14.0 Å². The number of hydrogen-bond donors (Lipinski definition) is 0. The molecule has 1 saturated heterocycles. The lowest BCUT2D eigenvalue weighted by molar-refractivity contribution is -0.141. The summed E-state index contributed by atoms with van der Waals surface area (Å²) >= 11 is 0. The second kappa shape index (κ2) is 6.85. The number of imidazole rings is 1. The van der Waals surface area contributed by atoms with Gasteiger partial charge in [-0.15, -0.1) is 0 Å². The molecule has 0 spiro atoms. The van der Waals surface area contributed by atoms with Crippen molar-refractivity contribution in [2.24, 2.45) is 5.92 Å². The fraction of sp³-hybridized carbons (Fsp3) is 0.526. The quantitative estimate of drug-likeness (QED) is 0.819. The highest BCUT2D eigenvalue weighted by Crippen LogP contribution is 2.24. The van der Waals surface area contributed by atoms with Crippen molar-refractivity contribution in [3.05, 3.63) is 53.6 Å². The zero-order valence-corrected chi connectivity index (χ0v) is 14.3. The van der Waals surface area contributed by atoms with E-state index in [1.807, 2.05) is 19.3 Å². The molecule has 0 N–H and O–H groups in total. The van der Waals surface area contributed by atoms with Crippen LogP contribution in [0.15, 0.2) is 36.7 Å². The Hall–Kier alpha value is -1.65. The molecule has 2 aromatic rings. The van der Waals surface area contributed by atoms with Gasteiger partial charge in [0.2, 0.25) is 0 Å². The van der Waals surface area contributed by atoms with E-state index in [0.717, 1.165) is 18.8 Å². The van der Waals surface area contributed by atoms with E-state index < -0.39 is 5.79 Å². The summed E-state index contributed by atoms with van der Waals surface area (Å²) in [6.45, 7) is 8.67. The zero-order chi connectivity index (χ0) is 16.3. The van der Waals surface area contributed by atoms with Crippen molar-refractivity contribution in [2.45, 2.75) is 45.9 Å². The van der Waals surface area contributed by atoms with Crippen LogP contribution in [0, 0.1) is 5.92 Å². The first-order valence-electron chi connectivity index (χ1n) is 8.40. The maximum Gasteiger partial charge on any atom is 0.172 e. The highest BCUT2D eigenvalue weighted by molar-refractivity contribution is 5.28. The Labute approximate surface area is 138 Å². The molecule has 0 atom stereocenters. The topological polar surface area (TPSA) is 36.3 Å². The molecule has 124 valence electrons. The van der Waals surface area contributed by atoms with Gasteiger partial charge in [0.15, 0.2) is 5.79 Å². The van der Waals surface area contributed by atoms with Gasteiger partial charge in [-0.2, -0.15) is 0 Å². The minimum atomic E-state index is -0.541. The fourth-order valence-corrected chi connectivity index (χ4v) is 3.13. The van der Waals surface area contributed by atoms with E-state index in [9.17, 15) is 0 Å². The molecule has 4 nitrogen and oxygen atoms in total. The molecule has 1 aromatic carbocycles. The lowest BCUT2D eigenvalue weighted by Crippen LogP contribution is -2.30. The average molecular weight is 314 g/mol. The average Bonchev–Trinajstić information content (AvgIpc) is 3.11. The van der Waals surface area contributed by atoms with Gasteiger partial charge in [0, 0.05) is 18.9 Å². The summed E-state index contributed by atoms with van der Waals surface area (Å²) in [5.41, 5.74) is 2.78. The third-order valence-corrected chi connectivity index (χ3v) is 4.27. The van der Waals surface area contributed by atoms with E-state index >= 15 is 0 Å². The van der Waals surface area contributed by atoms with Crippen LogP contribution in [0.2, 0.25) is 0 Å². The Morgan fingerprint density at radius 2 is 1.87 bits per heavy atom. The third kappa shape index (κ3) is 4.01. The molecule has 0 saturated carbocycles. The van der Waals surface area contributed by atoms with Crippen LogP contribution < -0.4 is 0 Å². The first-order valence-corrected chi connectivity index (χ1v) is 8.40. The number of hydrogen-bond acceptors (Lipinski definition) is 3. The second-order valence-electron chi connectivity index (χ2n) is 6.85. The fourth-order valence-electron chi connectivity index (χ4n) is 3.13. The van der Waals surface area contributed by atoms with Crippen molar-refractivity contribution in [1.82, 2.24) is 9.55 Å². The van der Waals surface area contributed by atoms with E-state index in [4.69, 9.17) is 9.47 Å². The highest BCUT2D eigenvalue weighted by Gasteiger charge is 2.32. The Bertz CT molecular complexity index is 642. The molecule has 4 heteroatoms. The second-order valence-corrected chi connectivity index (χ2v) is 6.85. The van der Waals surface area contributed by atoms with Crippen LogP contribution in [0.5, 0.6) is 0 Å². The molecular weight excluding hydrogens is 288 g/mol. The molecule has 1 aliphatic heterocycles. The molecule has 0 aliphatic carbocycles. The van der Waals surface area contributed by atoms with Gasteiger partial charge in [0.1, 0.15) is 5.82 Å². The van der Waals surface area contributed by atoms with Crippen LogP contribution in [0.3, 0.4) is 0 Å². The largest absolute Gasteiger partial charge is 0.347 e. The van der Waals surface area contributed by atoms with E-state index in [-0.39, 0.29) is 0 Å². The standard InChI is InChI=1S/C19H26N2O2/c1-15(2)12-16-6-4-5-7-17(16)14-21-9-8-20-18(21)13-19(3)22-10-11-23-19/h4-9,15H,10-14H2,1-3H3. The Balaban J connectivity index is 1.78. The van der Waals surface area contributed by atoms with Gasteiger partial charge >= 0.3 is 0 Å². The van der Waals surface area contributed by atoms with Gasteiger partial charge in [0.25, 0.3) is 0 Å². The number of benzene rings is 1. The SMILES string of the molecule is CC(C)Cc1ccccc1Cn1ccnc1CC1(C)OCCO1. The summed E-state index contributed by atoms with van der Waals surface area (Å²) in [6, 6.07) is 8.68. The summed E-state index contributed by atoms with van der Waals surface area (Å²) in [4.78, 5) is 4.51. The van der Waals surface area contributed by atoms with Crippen molar-refractivity contribution in [1.29, 1.82) is 0 Å². The van der Waals surface area contributed by atoms with Gasteiger partial charge in [-0.05, 0) is 30.4 Å². The van der Waals surface area contributed by atoms with Crippen LogP contribution in [0.25, 0.3) is 0 Å². The van der Waals surface area contributed by atoms with Crippen molar-refractivity contribution in [3.8, 4) is 0 Å². The van der Waals surface area contributed by atoms with E-state index in [0.29, 0.717) is 25.6 Å². The predicted octanol–water partition coefficient (Wildman–Crippen LogP) is 3.44. The van der Waals surface area contributed by atoms with Crippen LogP contribution in [-0.2, 0) is 28.9 Å². The van der Waals surface area contributed by atoms with Gasteiger partial charge in [0.05, 0.1) is 19.6 Å². The zero-order valence-electron chi connectivity index (χ0n) is 14.3. The maximum atomic E-state index is 5.72. The van der Waals surface area contributed by atoms with Crippen molar-refractivity contribution in [2.75, 3.05) is 13.2 Å². The summed E-state index contributed by atoms with van der Waals surface area (Å²) in [5, 5.41) is 0. The van der Waals surface area contributed by atoms with E-state index in [2.05, 4.69) is 47.7 Å². The van der Waals surface area contributed by atoms with Crippen LogP contribution in [-0.4, -0.2) is 28.6 Å². The molecule has 1 aromatic heterocycles. The molecule has 3 rings (SSSR count). The molecule has 23 heavy (non-hydrogen) atoms. The lowest BCUT2D eigenvalue weighted by atomic mass is 9.98. The predicted molar refractivity (Wildman–Crippen MR) is 90.3 cm³/mol. The first kappa shape index (κ1) is 16.2. The monoisotopic (exact) mass is 314 g/mol. The van der Waals surface area contributed by atoms with Crippen LogP contribution >= 0.6 is 0 Å². The van der Waals surface area contributed by atoms with Crippen LogP contribution in [0.1, 0.15) is 37.7 Å². The van der Waals surface area contributed by atoms with E-state index in [1.54, 1.807) is 0 Å². The van der Waals surface area contributed by atoms with E-state index in [1.165, 1.54) is 11.1 Å². The van der Waals surface area contributed by atoms with Gasteiger partial charge in [-0.3, -0.25) is 0 Å². The molecule has 2 heterocycles. The minimum absolute atomic E-state index is 0.541. The lowest BCUT2D eigenvalue weighted by Gasteiger charge is -2.22. The molecule has 0 unspecified atom stereocenters. The number of ether oxygens (including phenoxy) is 2. The molecule has 0 radical (unpaired) electrons. The summed E-state index contributed by atoms with van der Waals surface area (Å²) in [5.74, 6) is 1.12. The molecular formula is C19H26N2O2. The maximum absolute atomic E-state index is 5.72. The summed E-state index contributed by atoms with van der Waals surface area (Å²) < 4.78 is 13.6.